The summed E-state index contributed by atoms with van der Waals surface area (Å²) in [5.41, 5.74) is 0.168. The first-order valence-corrected chi connectivity index (χ1v) is 2.87. The highest BCUT2D eigenvalue weighted by atomic mass is 16.6. The molecule has 0 rings (SSSR count). The molecule has 0 saturated heterocycles. The van der Waals surface area contributed by atoms with Crippen molar-refractivity contribution < 1.29 is 14.5 Å². The maximum atomic E-state index is 10.7. The molecule has 0 aliphatic rings. The minimum Gasteiger partial charge on any atom is -0.464 e. The Bertz CT molecular complexity index is 185. The topological polar surface area (TPSA) is 69.4 Å². The van der Waals surface area contributed by atoms with Gasteiger partial charge in [-0.25, -0.2) is 4.79 Å². The molecule has 0 amide bonds. The molecule has 1 atom stereocenters. The molecular formula is C6H9NO4. The highest BCUT2D eigenvalue weighted by molar-refractivity contribution is 5.77. The number of ether oxygens (including phenoxy) is 1. The SMILES string of the molecule is C=C(C)C(C(=O)OC)[N+](=O)[O-]. The summed E-state index contributed by atoms with van der Waals surface area (Å²) in [6.45, 7) is 4.71. The van der Waals surface area contributed by atoms with E-state index in [1.54, 1.807) is 0 Å². The summed E-state index contributed by atoms with van der Waals surface area (Å²) < 4.78 is 4.19. The Balaban J connectivity index is 4.47. The number of rotatable bonds is 3. The monoisotopic (exact) mass is 159 g/mol. The normalized spacial score (nSPS) is 11.8. The Labute approximate surface area is 63.8 Å². The van der Waals surface area contributed by atoms with Crippen LogP contribution in [0.4, 0.5) is 0 Å². The van der Waals surface area contributed by atoms with E-state index in [9.17, 15) is 14.9 Å². The van der Waals surface area contributed by atoms with Crippen molar-refractivity contribution in [3.63, 3.8) is 0 Å². The lowest BCUT2D eigenvalue weighted by Crippen LogP contribution is -2.31. The van der Waals surface area contributed by atoms with Gasteiger partial charge < -0.3 is 4.74 Å². The quantitative estimate of drug-likeness (QED) is 0.258. The first-order valence-electron chi connectivity index (χ1n) is 2.87. The average Bonchev–Trinajstić information content (AvgIpc) is 1.85. The Morgan fingerprint density at radius 1 is 1.73 bits per heavy atom. The highest BCUT2D eigenvalue weighted by Crippen LogP contribution is 2.03. The number of carbonyl (C=O) groups excluding carboxylic acids is 1. The fraction of sp³-hybridized carbons (Fsp3) is 0.500. The zero-order chi connectivity index (χ0) is 9.02. The molecule has 0 aliphatic heterocycles. The van der Waals surface area contributed by atoms with Gasteiger partial charge in [0.05, 0.1) is 7.11 Å². The van der Waals surface area contributed by atoms with Gasteiger partial charge in [0.15, 0.2) is 0 Å². The minimum atomic E-state index is -1.43. The number of hydrogen-bond acceptors (Lipinski definition) is 4. The molecule has 5 heteroatoms. The van der Waals surface area contributed by atoms with E-state index < -0.39 is 16.9 Å². The van der Waals surface area contributed by atoms with Crippen LogP contribution in [0.25, 0.3) is 0 Å². The van der Waals surface area contributed by atoms with Gasteiger partial charge in [0.1, 0.15) is 0 Å². The fourth-order valence-electron chi connectivity index (χ4n) is 0.579. The van der Waals surface area contributed by atoms with Gasteiger partial charge in [-0.05, 0) is 6.92 Å². The van der Waals surface area contributed by atoms with Crippen molar-refractivity contribution in [1.29, 1.82) is 0 Å². The highest BCUT2D eigenvalue weighted by Gasteiger charge is 2.31. The number of methoxy groups -OCH3 is 1. The van der Waals surface area contributed by atoms with E-state index in [0.717, 1.165) is 7.11 Å². The van der Waals surface area contributed by atoms with Crippen LogP contribution in [-0.2, 0) is 9.53 Å². The number of nitrogens with zero attached hydrogens (tertiary/aromatic N) is 1. The second-order valence-corrected chi connectivity index (χ2v) is 2.06. The van der Waals surface area contributed by atoms with Crippen molar-refractivity contribution in [3.8, 4) is 0 Å². The van der Waals surface area contributed by atoms with Crippen molar-refractivity contribution in [3.05, 3.63) is 22.3 Å². The van der Waals surface area contributed by atoms with Gasteiger partial charge in [-0.15, -0.1) is 0 Å². The van der Waals surface area contributed by atoms with E-state index in [1.165, 1.54) is 6.92 Å². The largest absolute Gasteiger partial charge is 0.464 e. The van der Waals surface area contributed by atoms with Gasteiger partial charge >= 0.3 is 12.0 Å². The first kappa shape index (κ1) is 9.61. The number of esters is 1. The first-order chi connectivity index (χ1) is 5.00. The number of nitro groups is 1. The van der Waals surface area contributed by atoms with Crippen molar-refractivity contribution in [1.82, 2.24) is 0 Å². The summed E-state index contributed by atoms with van der Waals surface area (Å²) in [5.74, 6) is -0.887. The molecular weight excluding hydrogens is 150 g/mol. The lowest BCUT2D eigenvalue weighted by Gasteiger charge is -2.04. The van der Waals surface area contributed by atoms with Crippen LogP contribution in [0, 0.1) is 10.1 Å². The summed E-state index contributed by atoms with van der Waals surface area (Å²) >= 11 is 0. The van der Waals surface area contributed by atoms with Crippen LogP contribution < -0.4 is 0 Å². The second-order valence-electron chi connectivity index (χ2n) is 2.06. The van der Waals surface area contributed by atoms with Gasteiger partial charge in [0, 0.05) is 10.5 Å². The minimum absolute atomic E-state index is 0.168. The van der Waals surface area contributed by atoms with Crippen LogP contribution in [0.15, 0.2) is 12.2 Å². The lowest BCUT2D eigenvalue weighted by atomic mass is 10.2. The van der Waals surface area contributed by atoms with Crippen LogP contribution in [0.2, 0.25) is 0 Å². The predicted molar refractivity (Wildman–Crippen MR) is 37.6 cm³/mol. The fourth-order valence-corrected chi connectivity index (χ4v) is 0.579. The van der Waals surface area contributed by atoms with Crippen molar-refractivity contribution in [2.45, 2.75) is 13.0 Å². The van der Waals surface area contributed by atoms with Gasteiger partial charge in [-0.2, -0.15) is 0 Å². The van der Waals surface area contributed by atoms with E-state index in [4.69, 9.17) is 0 Å². The average molecular weight is 159 g/mol. The second kappa shape index (κ2) is 3.70. The van der Waals surface area contributed by atoms with E-state index >= 15 is 0 Å². The van der Waals surface area contributed by atoms with Crippen molar-refractivity contribution >= 4 is 5.97 Å². The smallest absolute Gasteiger partial charge is 0.386 e. The Kier molecular flexibility index (Phi) is 3.23. The summed E-state index contributed by atoms with van der Waals surface area (Å²) in [4.78, 5) is 20.1. The summed E-state index contributed by atoms with van der Waals surface area (Å²) in [6, 6.07) is -1.43. The zero-order valence-electron chi connectivity index (χ0n) is 6.36. The Morgan fingerprint density at radius 3 is 2.27 bits per heavy atom. The van der Waals surface area contributed by atoms with Gasteiger partial charge in [0.25, 0.3) is 0 Å². The molecule has 0 N–H and O–H groups in total. The summed E-state index contributed by atoms with van der Waals surface area (Å²) in [5, 5.41) is 10.2. The zero-order valence-corrected chi connectivity index (χ0v) is 6.36. The van der Waals surface area contributed by atoms with Crippen LogP contribution in [0.5, 0.6) is 0 Å². The van der Waals surface area contributed by atoms with Gasteiger partial charge in [-0.3, -0.25) is 10.1 Å². The molecule has 0 aromatic carbocycles. The maximum Gasteiger partial charge on any atom is 0.386 e. The molecule has 0 heterocycles. The molecule has 5 nitrogen and oxygen atoms in total. The molecule has 0 fully saturated rings. The predicted octanol–water partition coefficient (Wildman–Crippen LogP) is 0.381. The lowest BCUT2D eigenvalue weighted by molar-refractivity contribution is -0.500. The third kappa shape index (κ3) is 2.37. The molecule has 0 bridgehead atoms. The molecule has 62 valence electrons. The summed E-state index contributed by atoms with van der Waals surface area (Å²) in [6.07, 6.45) is 0. The molecule has 0 aliphatic carbocycles. The van der Waals surface area contributed by atoms with Crippen LogP contribution >= 0.6 is 0 Å². The Hall–Kier alpha value is -1.39. The van der Waals surface area contributed by atoms with E-state index in [1.807, 2.05) is 0 Å². The molecule has 0 aromatic heterocycles. The van der Waals surface area contributed by atoms with Gasteiger partial charge in [-0.1, -0.05) is 6.58 Å². The Morgan fingerprint density at radius 2 is 2.18 bits per heavy atom. The van der Waals surface area contributed by atoms with E-state index in [0.29, 0.717) is 0 Å². The third-order valence-electron chi connectivity index (χ3n) is 1.10. The molecule has 1 unspecified atom stereocenters. The van der Waals surface area contributed by atoms with Crippen molar-refractivity contribution in [2.24, 2.45) is 0 Å². The van der Waals surface area contributed by atoms with Crippen molar-refractivity contribution in [2.75, 3.05) is 7.11 Å². The number of hydrogen-bond donors (Lipinski definition) is 0. The third-order valence-corrected chi connectivity index (χ3v) is 1.10. The molecule has 0 spiro atoms. The standard InChI is InChI=1S/C6H9NO4/c1-4(2)5(7(9)10)6(8)11-3/h5H,1H2,2-3H3. The van der Waals surface area contributed by atoms with E-state index in [2.05, 4.69) is 11.3 Å². The molecule has 0 aromatic rings. The maximum absolute atomic E-state index is 10.7. The molecule has 0 radical (unpaired) electrons. The van der Waals surface area contributed by atoms with E-state index in [-0.39, 0.29) is 5.57 Å². The van der Waals surface area contributed by atoms with Gasteiger partial charge in [0.2, 0.25) is 0 Å². The number of carbonyl (C=O) groups is 1. The van der Waals surface area contributed by atoms with Crippen LogP contribution in [0.3, 0.4) is 0 Å². The molecule has 11 heavy (non-hydrogen) atoms. The molecule has 0 saturated carbocycles. The van der Waals surface area contributed by atoms with Crippen LogP contribution in [0.1, 0.15) is 6.92 Å². The van der Waals surface area contributed by atoms with Crippen LogP contribution in [-0.4, -0.2) is 24.0 Å². The summed E-state index contributed by atoms with van der Waals surface area (Å²) in [7, 11) is 1.10.